The Morgan fingerprint density at radius 3 is 2.46 bits per heavy atom. The Kier molecular flexibility index (Phi) is 5.32. The lowest BCUT2D eigenvalue weighted by molar-refractivity contribution is -0.154. The zero-order chi connectivity index (χ0) is 20.3. The summed E-state index contributed by atoms with van der Waals surface area (Å²) in [5.74, 6) is -0.223. The number of hydrogen-bond acceptors (Lipinski definition) is 4. The summed E-state index contributed by atoms with van der Waals surface area (Å²) in [6.07, 6.45) is 0.900. The zero-order valence-corrected chi connectivity index (χ0v) is 16.2. The number of carbonyl (C=O) groups is 1. The Bertz CT molecular complexity index is 1110. The first-order valence-corrected chi connectivity index (χ1v) is 9.14. The maximum Gasteiger partial charge on any atom is 0.306 e. The molecule has 1 heterocycles. The molecule has 0 unspecified atom stereocenters. The van der Waals surface area contributed by atoms with E-state index in [9.17, 15) is 14.9 Å². The molecule has 3 aromatic rings. The molecule has 0 aliphatic rings. The van der Waals surface area contributed by atoms with Gasteiger partial charge < -0.3 is 9.72 Å². The summed E-state index contributed by atoms with van der Waals surface area (Å²) in [5, 5.41) is 10.4. The molecule has 0 saturated carbocycles. The fourth-order valence-electron chi connectivity index (χ4n) is 3.03. The average molecular weight is 374 g/mol. The van der Waals surface area contributed by atoms with Crippen molar-refractivity contribution >= 4 is 16.7 Å². The molecule has 0 aliphatic heterocycles. The summed E-state index contributed by atoms with van der Waals surface area (Å²) in [6, 6.07) is 16.7. The fourth-order valence-corrected chi connectivity index (χ4v) is 3.03. The van der Waals surface area contributed by atoms with Crippen LogP contribution in [0.15, 0.2) is 53.3 Å². The molecular formula is C23H22N2O3. The first-order chi connectivity index (χ1) is 13.3. The SMILES string of the molecule is CC(C)(C)OC(=O)CCc1ccc(-c2cc3c(C#N)cccc3c(=O)[nH]2)cc1. The summed E-state index contributed by atoms with van der Waals surface area (Å²) in [5.41, 5.74) is 2.27. The Labute approximate surface area is 163 Å². The number of benzene rings is 2. The van der Waals surface area contributed by atoms with Crippen molar-refractivity contribution < 1.29 is 9.53 Å². The summed E-state index contributed by atoms with van der Waals surface area (Å²) in [7, 11) is 0. The first kappa shape index (κ1) is 19.4. The quantitative estimate of drug-likeness (QED) is 0.689. The molecule has 0 atom stereocenters. The normalized spacial score (nSPS) is 11.2. The molecule has 0 saturated heterocycles. The van der Waals surface area contributed by atoms with E-state index in [0.29, 0.717) is 34.9 Å². The van der Waals surface area contributed by atoms with Crippen molar-refractivity contribution in [3.63, 3.8) is 0 Å². The van der Waals surface area contributed by atoms with Crippen molar-refractivity contribution in [2.75, 3.05) is 0 Å². The number of hydrogen-bond donors (Lipinski definition) is 1. The number of H-pyrrole nitrogens is 1. The van der Waals surface area contributed by atoms with Gasteiger partial charge in [0, 0.05) is 22.9 Å². The van der Waals surface area contributed by atoms with E-state index in [4.69, 9.17) is 4.74 Å². The van der Waals surface area contributed by atoms with Gasteiger partial charge in [0.1, 0.15) is 5.60 Å². The third-order valence-corrected chi connectivity index (χ3v) is 4.31. The second kappa shape index (κ2) is 7.69. The van der Waals surface area contributed by atoms with Crippen LogP contribution < -0.4 is 5.56 Å². The van der Waals surface area contributed by atoms with E-state index in [1.165, 1.54) is 0 Å². The Hall–Kier alpha value is -3.39. The molecule has 3 rings (SSSR count). The molecule has 0 fully saturated rings. The molecule has 0 amide bonds. The van der Waals surface area contributed by atoms with Crippen LogP contribution >= 0.6 is 0 Å². The zero-order valence-electron chi connectivity index (χ0n) is 16.2. The van der Waals surface area contributed by atoms with Gasteiger partial charge >= 0.3 is 5.97 Å². The third-order valence-electron chi connectivity index (χ3n) is 4.31. The summed E-state index contributed by atoms with van der Waals surface area (Å²) < 4.78 is 5.32. The van der Waals surface area contributed by atoms with Gasteiger partial charge in [-0.2, -0.15) is 5.26 Å². The number of rotatable bonds is 4. The highest BCUT2D eigenvalue weighted by molar-refractivity contribution is 5.89. The van der Waals surface area contributed by atoms with Gasteiger partial charge in [-0.1, -0.05) is 30.3 Å². The van der Waals surface area contributed by atoms with Crippen LogP contribution in [0, 0.1) is 11.3 Å². The number of aromatic nitrogens is 1. The molecule has 2 aromatic carbocycles. The maximum absolute atomic E-state index is 12.4. The fraction of sp³-hybridized carbons (Fsp3) is 0.261. The molecule has 0 spiro atoms. The minimum atomic E-state index is -0.481. The van der Waals surface area contributed by atoms with Crippen LogP contribution in [-0.2, 0) is 16.0 Å². The van der Waals surface area contributed by atoms with Crippen LogP contribution in [0.2, 0.25) is 0 Å². The number of nitrogens with one attached hydrogen (secondary N) is 1. The van der Waals surface area contributed by atoms with Crippen LogP contribution in [0.4, 0.5) is 0 Å². The topological polar surface area (TPSA) is 82.9 Å². The van der Waals surface area contributed by atoms with E-state index in [1.54, 1.807) is 18.2 Å². The molecule has 1 aromatic heterocycles. The van der Waals surface area contributed by atoms with Gasteiger partial charge in [0.15, 0.2) is 0 Å². The number of nitriles is 1. The third kappa shape index (κ3) is 4.47. The molecule has 5 heteroatoms. The number of aromatic amines is 1. The molecule has 28 heavy (non-hydrogen) atoms. The van der Waals surface area contributed by atoms with Gasteiger partial charge in [0.05, 0.1) is 11.6 Å². The highest BCUT2D eigenvalue weighted by Gasteiger charge is 2.16. The predicted molar refractivity (Wildman–Crippen MR) is 109 cm³/mol. The van der Waals surface area contributed by atoms with E-state index in [0.717, 1.165) is 11.1 Å². The molecule has 142 valence electrons. The van der Waals surface area contributed by atoms with E-state index < -0.39 is 5.60 Å². The second-order valence-corrected chi connectivity index (χ2v) is 7.67. The van der Waals surface area contributed by atoms with Gasteiger partial charge in [-0.25, -0.2) is 0 Å². The van der Waals surface area contributed by atoms with E-state index in [2.05, 4.69) is 11.1 Å². The minimum absolute atomic E-state index is 0.223. The van der Waals surface area contributed by atoms with Crippen molar-refractivity contribution in [3.05, 3.63) is 70.0 Å². The van der Waals surface area contributed by atoms with Crippen molar-refractivity contribution in [1.82, 2.24) is 4.98 Å². The standard InChI is InChI=1S/C23H22N2O3/c1-23(2,3)28-21(26)12-9-15-7-10-16(11-8-15)20-13-19-17(14-24)5-4-6-18(19)22(27)25-20/h4-8,10-11,13H,9,12H2,1-3H3,(H,25,27). The lowest BCUT2D eigenvalue weighted by Crippen LogP contribution is -2.23. The summed E-state index contributed by atoms with van der Waals surface area (Å²) in [4.78, 5) is 27.1. The predicted octanol–water partition coefficient (Wildman–Crippen LogP) is 4.34. The van der Waals surface area contributed by atoms with Crippen LogP contribution in [0.5, 0.6) is 0 Å². The Balaban J connectivity index is 1.81. The number of carbonyl (C=O) groups excluding carboxylic acids is 1. The molecule has 0 radical (unpaired) electrons. The van der Waals surface area contributed by atoms with Crippen LogP contribution in [-0.4, -0.2) is 16.6 Å². The van der Waals surface area contributed by atoms with Gasteiger partial charge in [0.25, 0.3) is 5.56 Å². The van der Waals surface area contributed by atoms with Gasteiger partial charge in [-0.3, -0.25) is 9.59 Å². The maximum atomic E-state index is 12.4. The van der Waals surface area contributed by atoms with Gasteiger partial charge in [-0.05, 0) is 56.5 Å². The molecule has 5 nitrogen and oxygen atoms in total. The first-order valence-electron chi connectivity index (χ1n) is 9.14. The monoisotopic (exact) mass is 374 g/mol. The van der Waals surface area contributed by atoms with Crippen molar-refractivity contribution in [2.24, 2.45) is 0 Å². The number of fused-ring (bicyclic) bond motifs is 1. The number of aryl methyl sites for hydroxylation is 1. The summed E-state index contributed by atoms with van der Waals surface area (Å²) >= 11 is 0. The second-order valence-electron chi connectivity index (χ2n) is 7.67. The Morgan fingerprint density at radius 2 is 1.82 bits per heavy atom. The van der Waals surface area contributed by atoms with Gasteiger partial charge in [0.2, 0.25) is 0 Å². The van der Waals surface area contributed by atoms with E-state index in [-0.39, 0.29) is 11.5 Å². The highest BCUT2D eigenvalue weighted by atomic mass is 16.6. The minimum Gasteiger partial charge on any atom is -0.460 e. The van der Waals surface area contributed by atoms with Crippen molar-refractivity contribution in [1.29, 1.82) is 5.26 Å². The molecule has 1 N–H and O–H groups in total. The smallest absolute Gasteiger partial charge is 0.306 e. The highest BCUT2D eigenvalue weighted by Crippen LogP contribution is 2.23. The average Bonchev–Trinajstić information content (AvgIpc) is 2.65. The largest absolute Gasteiger partial charge is 0.460 e. The van der Waals surface area contributed by atoms with Crippen LogP contribution in [0.3, 0.4) is 0 Å². The summed E-state index contributed by atoms with van der Waals surface area (Å²) in [6.45, 7) is 5.55. The van der Waals surface area contributed by atoms with Crippen LogP contribution in [0.25, 0.3) is 22.0 Å². The van der Waals surface area contributed by atoms with E-state index >= 15 is 0 Å². The Morgan fingerprint density at radius 1 is 1.11 bits per heavy atom. The number of esters is 1. The number of ether oxygens (including phenoxy) is 1. The number of pyridine rings is 1. The van der Waals surface area contributed by atoms with Crippen molar-refractivity contribution in [3.8, 4) is 17.3 Å². The number of nitrogens with zero attached hydrogens (tertiary/aromatic N) is 1. The van der Waals surface area contributed by atoms with Gasteiger partial charge in [-0.15, -0.1) is 0 Å². The molecule has 0 aliphatic carbocycles. The lowest BCUT2D eigenvalue weighted by atomic mass is 10.0. The molecular weight excluding hydrogens is 352 g/mol. The van der Waals surface area contributed by atoms with E-state index in [1.807, 2.05) is 51.1 Å². The van der Waals surface area contributed by atoms with Crippen LogP contribution in [0.1, 0.15) is 38.3 Å². The van der Waals surface area contributed by atoms with Crippen molar-refractivity contribution in [2.45, 2.75) is 39.2 Å². The molecule has 0 bridgehead atoms. The lowest BCUT2D eigenvalue weighted by Gasteiger charge is -2.19.